The highest BCUT2D eigenvalue weighted by Crippen LogP contribution is 2.85. The Bertz CT molecular complexity index is 671. The fraction of sp³-hybridized carbons (Fsp3) is 1.00. The van der Waals surface area contributed by atoms with Gasteiger partial charge in [-0.15, -0.1) is 0 Å². The van der Waals surface area contributed by atoms with Gasteiger partial charge in [0.2, 0.25) is 0 Å². The second-order valence-corrected chi connectivity index (χ2v) is 15.8. The lowest BCUT2D eigenvalue weighted by Gasteiger charge is -2.26. The Labute approximate surface area is 160 Å². The summed E-state index contributed by atoms with van der Waals surface area (Å²) in [5, 5.41) is 0. The van der Waals surface area contributed by atoms with Crippen LogP contribution in [0.15, 0.2) is 13.5 Å². The summed E-state index contributed by atoms with van der Waals surface area (Å²) in [5.74, 6) is -13.3. The van der Waals surface area contributed by atoms with E-state index in [1.54, 1.807) is 0 Å². The van der Waals surface area contributed by atoms with Crippen LogP contribution in [-0.2, 0) is 9.05 Å². The van der Waals surface area contributed by atoms with Crippen LogP contribution >= 0.6 is 64.4 Å². The van der Waals surface area contributed by atoms with Gasteiger partial charge in [-0.2, -0.15) is 31.1 Å². The molecular formula is C6H6Cl4F8N3O2P3. The molecule has 0 N–H and O–H groups in total. The fourth-order valence-electron chi connectivity index (χ4n) is 1.02. The molecule has 0 saturated heterocycles. The van der Waals surface area contributed by atoms with E-state index in [0.717, 1.165) is 0 Å². The highest BCUT2D eigenvalue weighted by atomic mass is 35.9. The van der Waals surface area contributed by atoms with E-state index in [4.69, 9.17) is 45.0 Å². The van der Waals surface area contributed by atoms with E-state index in [2.05, 4.69) is 22.6 Å². The molecule has 0 saturated carbocycles. The normalized spacial score (nSPS) is 29.3. The number of halogens is 12. The van der Waals surface area contributed by atoms with Crippen LogP contribution in [0.3, 0.4) is 0 Å². The van der Waals surface area contributed by atoms with Gasteiger partial charge in [0.1, 0.15) is 13.2 Å². The maximum Gasteiger partial charge on any atom is 0.330 e. The van der Waals surface area contributed by atoms with E-state index in [9.17, 15) is 35.1 Å². The number of alkyl halides is 8. The standard InChI is InChI=1S/C6H6Cl4F8N3O2P3/c7-24(8)19-25(9,22-1-5(15,16)3(11)12)21-26(10,20-24)23-2-6(17,18)4(13)14/h3-4H,1-2H2/t25-,26-/m0/s1. The van der Waals surface area contributed by atoms with Crippen molar-refractivity contribution >= 4 is 64.4 Å². The minimum Gasteiger partial charge on any atom is -0.309 e. The Morgan fingerprint density at radius 3 is 1.38 bits per heavy atom. The number of hydrogen-bond donors (Lipinski definition) is 0. The topological polar surface area (TPSA) is 55.5 Å². The maximum absolute atomic E-state index is 12.9. The van der Waals surface area contributed by atoms with Crippen LogP contribution < -0.4 is 0 Å². The Kier molecular flexibility index (Phi) is 8.28. The van der Waals surface area contributed by atoms with Crippen molar-refractivity contribution in [3.63, 3.8) is 0 Å². The molecule has 26 heavy (non-hydrogen) atoms. The monoisotopic (exact) mass is 537 g/mol. The fourth-order valence-corrected chi connectivity index (χ4v) is 15.7. The van der Waals surface area contributed by atoms with Crippen molar-refractivity contribution in [2.45, 2.75) is 24.7 Å². The molecule has 1 aliphatic rings. The van der Waals surface area contributed by atoms with E-state index in [1.807, 2.05) is 0 Å². The number of rotatable bonds is 8. The first kappa shape index (κ1) is 25.2. The first-order valence-corrected chi connectivity index (χ1v) is 14.3. The third kappa shape index (κ3) is 7.23. The Balaban J connectivity index is 3.15. The Hall–Kier alpha value is 1.21. The second-order valence-electron chi connectivity index (χ2n) is 4.34. The summed E-state index contributed by atoms with van der Waals surface area (Å²) in [6.07, 6.45) is -8.27. The lowest BCUT2D eigenvalue weighted by atomic mass is 10.4. The maximum atomic E-state index is 12.9. The van der Waals surface area contributed by atoms with Gasteiger partial charge in [-0.05, 0) is 45.0 Å². The minimum absolute atomic E-state index is 1.99. The van der Waals surface area contributed by atoms with Crippen LogP contribution in [0.25, 0.3) is 0 Å². The molecule has 20 heteroatoms. The summed E-state index contributed by atoms with van der Waals surface area (Å²) >= 11 is 22.6. The van der Waals surface area contributed by atoms with E-state index in [0.29, 0.717) is 0 Å². The lowest BCUT2D eigenvalue weighted by Crippen LogP contribution is -2.31. The first-order valence-electron chi connectivity index (χ1n) is 5.73. The van der Waals surface area contributed by atoms with Crippen LogP contribution in [0, 0.1) is 0 Å². The van der Waals surface area contributed by atoms with Gasteiger partial charge in [-0.3, -0.25) is 0 Å². The molecule has 0 aliphatic carbocycles. The second kappa shape index (κ2) is 8.52. The molecular weight excluding hydrogens is 533 g/mol. The third-order valence-electron chi connectivity index (χ3n) is 2.14. The van der Waals surface area contributed by atoms with Gasteiger partial charge in [0.05, 0.1) is 0 Å². The molecule has 0 amide bonds. The molecule has 0 aromatic rings. The van der Waals surface area contributed by atoms with Crippen molar-refractivity contribution in [3.8, 4) is 0 Å². The van der Waals surface area contributed by atoms with Crippen molar-refractivity contribution in [3.05, 3.63) is 0 Å². The van der Waals surface area contributed by atoms with Gasteiger partial charge in [-0.1, -0.05) is 0 Å². The molecule has 0 radical (unpaired) electrons. The van der Waals surface area contributed by atoms with E-state index < -0.39 is 57.4 Å². The molecule has 0 spiro atoms. The van der Waals surface area contributed by atoms with Crippen molar-refractivity contribution in [1.29, 1.82) is 0 Å². The van der Waals surface area contributed by atoms with Gasteiger partial charge in [-0.25, -0.2) is 17.6 Å². The first-order chi connectivity index (χ1) is 11.4. The van der Waals surface area contributed by atoms with Gasteiger partial charge in [0.15, 0.2) is 0 Å². The molecule has 156 valence electrons. The smallest absolute Gasteiger partial charge is 0.309 e. The SMILES string of the molecule is FC(F)C(F)(F)CO[P@@]1(Cl)=NP(Cl)(Cl)=N[P@](Cl)(OCC(F)(F)C(F)F)=N1. The van der Waals surface area contributed by atoms with Crippen molar-refractivity contribution in [2.24, 2.45) is 13.5 Å². The summed E-state index contributed by atoms with van der Waals surface area (Å²) in [4.78, 5) is 0. The highest BCUT2D eigenvalue weighted by Gasteiger charge is 2.46. The van der Waals surface area contributed by atoms with Gasteiger partial charge in [0.25, 0.3) is 5.91 Å². The van der Waals surface area contributed by atoms with E-state index >= 15 is 0 Å². The van der Waals surface area contributed by atoms with Crippen LogP contribution in [0.2, 0.25) is 0 Å². The van der Waals surface area contributed by atoms with Gasteiger partial charge < -0.3 is 9.05 Å². The molecule has 0 bridgehead atoms. The van der Waals surface area contributed by atoms with Gasteiger partial charge in [0, 0.05) is 0 Å². The predicted octanol–water partition coefficient (Wildman–Crippen LogP) is 8.63. The zero-order chi connectivity index (χ0) is 20.6. The van der Waals surface area contributed by atoms with Crippen molar-refractivity contribution < 1.29 is 44.2 Å². The quantitative estimate of drug-likeness (QED) is 0.229. The Morgan fingerprint density at radius 2 is 1.04 bits per heavy atom. The molecule has 0 fully saturated rings. The molecule has 0 aromatic heterocycles. The molecule has 5 nitrogen and oxygen atoms in total. The summed E-state index contributed by atoms with van der Waals surface area (Å²) in [6.45, 7) is -12.8. The number of hydrogen-bond acceptors (Lipinski definition) is 5. The average Bonchev–Trinajstić information content (AvgIpc) is 2.41. The van der Waals surface area contributed by atoms with Crippen LogP contribution in [0.1, 0.15) is 0 Å². The van der Waals surface area contributed by atoms with E-state index in [-0.39, 0.29) is 0 Å². The minimum atomic E-state index is -4.67. The zero-order valence-corrected chi connectivity index (χ0v) is 17.3. The van der Waals surface area contributed by atoms with Crippen LogP contribution in [0.4, 0.5) is 35.1 Å². The predicted molar refractivity (Wildman–Crippen MR) is 85.3 cm³/mol. The average molecular weight is 539 g/mol. The van der Waals surface area contributed by atoms with E-state index in [1.165, 1.54) is 0 Å². The highest BCUT2D eigenvalue weighted by molar-refractivity contribution is 8.16. The molecule has 1 rings (SSSR count). The largest absolute Gasteiger partial charge is 0.330 e. The van der Waals surface area contributed by atoms with Crippen molar-refractivity contribution in [2.75, 3.05) is 13.2 Å². The van der Waals surface area contributed by atoms with Gasteiger partial charge >= 0.3 is 38.3 Å². The molecule has 1 heterocycles. The third-order valence-corrected chi connectivity index (χ3v) is 13.8. The summed E-state index contributed by atoms with van der Waals surface area (Å²) in [6, 6.07) is 0. The zero-order valence-electron chi connectivity index (χ0n) is 11.6. The van der Waals surface area contributed by atoms with Crippen molar-refractivity contribution in [1.82, 2.24) is 0 Å². The summed E-state index contributed by atoms with van der Waals surface area (Å²) in [5.41, 5.74) is 0. The lowest BCUT2D eigenvalue weighted by molar-refractivity contribution is -0.147. The molecule has 0 unspecified atom stereocenters. The molecule has 2 atom stereocenters. The number of nitrogens with zero attached hydrogens (tertiary/aromatic N) is 3. The molecule has 0 aromatic carbocycles. The Morgan fingerprint density at radius 1 is 0.692 bits per heavy atom. The summed E-state index contributed by atoms with van der Waals surface area (Å²) in [7, 11) is 0. The van der Waals surface area contributed by atoms with Crippen LogP contribution in [0.5, 0.6) is 0 Å². The van der Waals surface area contributed by atoms with Crippen LogP contribution in [-0.4, -0.2) is 37.9 Å². The molecule has 1 aliphatic heterocycles. The summed E-state index contributed by atoms with van der Waals surface area (Å²) < 4.78 is 119.